The minimum absolute atomic E-state index is 0.100. The standard InChI is InChI=1S/C14H15N3O2S/c1-8-2-3-11-9(4-8)5-10(19-11)7-20-14-16-12(15)6-13(18)17-14/h2-4,6,10H,5,7H2,1H3,(H3,15,16,17,18). The van der Waals surface area contributed by atoms with Crippen LogP contribution in [0, 0.1) is 6.92 Å². The Balaban J connectivity index is 1.65. The Bertz CT molecular complexity index is 699. The summed E-state index contributed by atoms with van der Waals surface area (Å²) in [6.45, 7) is 2.07. The molecule has 1 aromatic carbocycles. The molecule has 5 nitrogen and oxygen atoms in total. The topological polar surface area (TPSA) is 81.0 Å². The zero-order chi connectivity index (χ0) is 14.1. The van der Waals surface area contributed by atoms with E-state index in [2.05, 4.69) is 23.0 Å². The number of nitrogens with zero attached hydrogens (tertiary/aromatic N) is 1. The smallest absolute Gasteiger partial charge is 0.253 e. The summed E-state index contributed by atoms with van der Waals surface area (Å²) < 4.78 is 5.87. The number of hydrogen-bond acceptors (Lipinski definition) is 5. The van der Waals surface area contributed by atoms with Crippen molar-refractivity contribution in [3.8, 4) is 5.75 Å². The van der Waals surface area contributed by atoms with Crippen molar-refractivity contribution in [1.82, 2.24) is 9.97 Å². The second kappa shape index (κ2) is 5.20. The molecule has 20 heavy (non-hydrogen) atoms. The van der Waals surface area contributed by atoms with Gasteiger partial charge in [0.15, 0.2) is 5.16 Å². The number of anilines is 1. The van der Waals surface area contributed by atoms with E-state index >= 15 is 0 Å². The van der Waals surface area contributed by atoms with Gasteiger partial charge in [0.2, 0.25) is 0 Å². The molecule has 6 heteroatoms. The van der Waals surface area contributed by atoms with Crippen LogP contribution in [-0.4, -0.2) is 21.8 Å². The minimum atomic E-state index is -0.230. The van der Waals surface area contributed by atoms with Crippen LogP contribution in [-0.2, 0) is 6.42 Å². The van der Waals surface area contributed by atoms with Gasteiger partial charge in [0.05, 0.1) is 0 Å². The van der Waals surface area contributed by atoms with Gasteiger partial charge in [-0.2, -0.15) is 0 Å². The van der Waals surface area contributed by atoms with Crippen molar-refractivity contribution in [2.45, 2.75) is 24.6 Å². The Morgan fingerprint density at radius 1 is 1.50 bits per heavy atom. The van der Waals surface area contributed by atoms with Gasteiger partial charge < -0.3 is 15.5 Å². The van der Waals surface area contributed by atoms with Crippen LogP contribution in [0.1, 0.15) is 11.1 Å². The highest BCUT2D eigenvalue weighted by Gasteiger charge is 2.23. The van der Waals surface area contributed by atoms with Crippen LogP contribution in [0.4, 0.5) is 5.82 Å². The molecule has 104 valence electrons. The molecule has 0 fully saturated rings. The monoisotopic (exact) mass is 289 g/mol. The van der Waals surface area contributed by atoms with Gasteiger partial charge >= 0.3 is 0 Å². The highest BCUT2D eigenvalue weighted by molar-refractivity contribution is 7.99. The normalized spacial score (nSPS) is 16.8. The molecule has 1 atom stereocenters. The second-order valence-corrected chi connectivity index (χ2v) is 5.85. The fourth-order valence-corrected chi connectivity index (χ4v) is 3.11. The van der Waals surface area contributed by atoms with Crippen LogP contribution in [0.5, 0.6) is 5.75 Å². The molecular formula is C14H15N3O2S. The number of thioether (sulfide) groups is 1. The quantitative estimate of drug-likeness (QED) is 0.664. The molecule has 3 N–H and O–H groups in total. The van der Waals surface area contributed by atoms with Crippen LogP contribution in [0.15, 0.2) is 34.2 Å². The SMILES string of the molecule is Cc1ccc2c(c1)CC(CSc1nc(N)cc(=O)[nH]1)O2. The number of nitrogens with two attached hydrogens (primary N) is 1. The van der Waals surface area contributed by atoms with Crippen molar-refractivity contribution in [3.63, 3.8) is 0 Å². The molecule has 0 radical (unpaired) electrons. The lowest BCUT2D eigenvalue weighted by atomic mass is 10.1. The van der Waals surface area contributed by atoms with Gasteiger partial charge in [-0.1, -0.05) is 29.5 Å². The lowest BCUT2D eigenvalue weighted by molar-refractivity contribution is 0.259. The molecule has 0 bridgehead atoms. The number of rotatable bonds is 3. The maximum absolute atomic E-state index is 11.3. The van der Waals surface area contributed by atoms with Gasteiger partial charge in [0.1, 0.15) is 17.7 Å². The molecule has 1 aromatic heterocycles. The average molecular weight is 289 g/mol. The van der Waals surface area contributed by atoms with Crippen molar-refractivity contribution >= 4 is 17.6 Å². The van der Waals surface area contributed by atoms with Crippen LogP contribution in [0.2, 0.25) is 0 Å². The number of hydrogen-bond donors (Lipinski definition) is 2. The van der Waals surface area contributed by atoms with E-state index in [4.69, 9.17) is 10.5 Å². The maximum Gasteiger partial charge on any atom is 0.253 e. The summed E-state index contributed by atoms with van der Waals surface area (Å²) in [5, 5.41) is 0.533. The predicted octanol–water partition coefficient (Wildman–Crippen LogP) is 1.76. The van der Waals surface area contributed by atoms with Crippen LogP contribution in [0.25, 0.3) is 0 Å². The third-order valence-electron chi connectivity index (χ3n) is 3.10. The Kier molecular flexibility index (Phi) is 3.40. The summed E-state index contributed by atoms with van der Waals surface area (Å²) in [5.74, 6) is 1.91. The number of aromatic nitrogens is 2. The molecule has 0 amide bonds. The van der Waals surface area contributed by atoms with Gasteiger partial charge in [0, 0.05) is 18.2 Å². The lowest BCUT2D eigenvalue weighted by Gasteiger charge is -2.09. The third kappa shape index (κ3) is 2.80. The zero-order valence-electron chi connectivity index (χ0n) is 11.1. The summed E-state index contributed by atoms with van der Waals surface area (Å²) in [5.41, 5.74) is 7.80. The summed E-state index contributed by atoms with van der Waals surface area (Å²) >= 11 is 1.45. The molecule has 0 spiro atoms. The average Bonchev–Trinajstić information content (AvgIpc) is 2.77. The molecule has 2 aromatic rings. The van der Waals surface area contributed by atoms with E-state index in [1.165, 1.54) is 29.0 Å². The fourth-order valence-electron chi connectivity index (χ4n) is 2.24. The van der Waals surface area contributed by atoms with Gasteiger partial charge in [-0.25, -0.2) is 4.98 Å². The number of aromatic amines is 1. The van der Waals surface area contributed by atoms with E-state index in [0.29, 0.717) is 5.16 Å². The predicted molar refractivity (Wildman–Crippen MR) is 79.3 cm³/mol. The molecule has 0 aliphatic carbocycles. The molecule has 3 rings (SSSR count). The van der Waals surface area contributed by atoms with Crippen LogP contribution in [0.3, 0.4) is 0 Å². The van der Waals surface area contributed by atoms with Crippen molar-refractivity contribution in [1.29, 1.82) is 0 Å². The highest BCUT2D eigenvalue weighted by Crippen LogP contribution is 2.31. The van der Waals surface area contributed by atoms with Gasteiger partial charge in [-0.15, -0.1) is 0 Å². The van der Waals surface area contributed by atoms with E-state index in [-0.39, 0.29) is 17.5 Å². The number of H-pyrrole nitrogens is 1. The summed E-state index contributed by atoms with van der Waals surface area (Å²) in [6, 6.07) is 7.48. The number of nitrogens with one attached hydrogen (secondary N) is 1. The number of aryl methyl sites for hydroxylation is 1. The van der Waals surface area contributed by atoms with E-state index in [1.54, 1.807) is 0 Å². The molecule has 2 heterocycles. The first kappa shape index (κ1) is 13.1. The third-order valence-corrected chi connectivity index (χ3v) is 4.11. The first-order valence-electron chi connectivity index (χ1n) is 6.36. The second-order valence-electron chi connectivity index (χ2n) is 4.84. The highest BCUT2D eigenvalue weighted by atomic mass is 32.2. The summed E-state index contributed by atoms with van der Waals surface area (Å²) in [7, 11) is 0. The van der Waals surface area contributed by atoms with Crippen molar-refractivity contribution in [2.24, 2.45) is 0 Å². The first-order chi connectivity index (χ1) is 9.60. The maximum atomic E-state index is 11.3. The van der Waals surface area contributed by atoms with Crippen molar-refractivity contribution < 1.29 is 4.74 Å². The number of nitrogen functional groups attached to an aromatic ring is 1. The fraction of sp³-hybridized carbons (Fsp3) is 0.286. The number of benzene rings is 1. The Labute approximate surface area is 120 Å². The van der Waals surface area contributed by atoms with E-state index in [0.717, 1.165) is 17.9 Å². The first-order valence-corrected chi connectivity index (χ1v) is 7.34. The summed E-state index contributed by atoms with van der Waals surface area (Å²) in [6.07, 6.45) is 0.986. The number of ether oxygens (including phenoxy) is 1. The largest absolute Gasteiger partial charge is 0.489 e. The molecule has 1 unspecified atom stereocenters. The zero-order valence-corrected chi connectivity index (χ0v) is 11.9. The lowest BCUT2D eigenvalue weighted by Crippen LogP contribution is -2.17. The van der Waals surface area contributed by atoms with E-state index in [9.17, 15) is 4.79 Å². The van der Waals surface area contributed by atoms with Crippen molar-refractivity contribution in [3.05, 3.63) is 45.7 Å². The Morgan fingerprint density at radius 2 is 2.35 bits per heavy atom. The molecule has 1 aliphatic heterocycles. The number of fused-ring (bicyclic) bond motifs is 1. The molecule has 0 saturated heterocycles. The summed E-state index contributed by atoms with van der Waals surface area (Å²) in [4.78, 5) is 18.1. The van der Waals surface area contributed by atoms with Crippen LogP contribution < -0.4 is 16.0 Å². The molecule has 1 aliphatic rings. The van der Waals surface area contributed by atoms with Gasteiger partial charge in [-0.05, 0) is 18.6 Å². The van der Waals surface area contributed by atoms with Crippen molar-refractivity contribution in [2.75, 3.05) is 11.5 Å². The molecular weight excluding hydrogens is 274 g/mol. The molecule has 0 saturated carbocycles. The Morgan fingerprint density at radius 3 is 3.15 bits per heavy atom. The van der Waals surface area contributed by atoms with Gasteiger partial charge in [-0.3, -0.25) is 4.79 Å². The Hall–Kier alpha value is -1.95. The van der Waals surface area contributed by atoms with Crippen LogP contribution >= 0.6 is 11.8 Å². The van der Waals surface area contributed by atoms with E-state index < -0.39 is 0 Å². The minimum Gasteiger partial charge on any atom is -0.489 e. The van der Waals surface area contributed by atoms with Gasteiger partial charge in [0.25, 0.3) is 5.56 Å². The van der Waals surface area contributed by atoms with E-state index in [1.807, 2.05) is 12.1 Å².